The third-order valence-electron chi connectivity index (χ3n) is 4.30. The van der Waals surface area contributed by atoms with Crippen molar-refractivity contribution in [3.8, 4) is 0 Å². The van der Waals surface area contributed by atoms with Gasteiger partial charge in [-0.3, -0.25) is 0 Å². The first-order chi connectivity index (χ1) is 10.3. The number of ether oxygens (including phenoxy) is 1. The van der Waals surface area contributed by atoms with Gasteiger partial charge in [0.2, 0.25) is 0 Å². The first-order valence-electron chi connectivity index (χ1n) is 7.64. The van der Waals surface area contributed by atoms with E-state index in [1.807, 2.05) is 6.20 Å². The van der Waals surface area contributed by atoms with Crippen molar-refractivity contribution in [2.45, 2.75) is 19.4 Å². The molecule has 1 fully saturated rings. The fourth-order valence-corrected chi connectivity index (χ4v) is 3.28. The summed E-state index contributed by atoms with van der Waals surface area (Å²) in [6.07, 6.45) is 4.36. The summed E-state index contributed by atoms with van der Waals surface area (Å²) in [5, 5.41) is 2.43. The number of hydrogen-bond acceptors (Lipinski definition) is 4. The Morgan fingerprint density at radius 2 is 2.14 bits per heavy atom. The maximum absolute atomic E-state index is 5.84. The fraction of sp³-hybridized carbons (Fsp3) is 0.471. The van der Waals surface area contributed by atoms with E-state index < -0.39 is 0 Å². The van der Waals surface area contributed by atoms with Crippen LogP contribution in [0.2, 0.25) is 0 Å². The Bertz CT molecular complexity index is 612. The molecule has 1 aliphatic heterocycles. The van der Waals surface area contributed by atoms with Gasteiger partial charge in [0, 0.05) is 38.3 Å². The Morgan fingerprint density at radius 3 is 2.90 bits per heavy atom. The number of piperidine rings is 1. The van der Waals surface area contributed by atoms with Gasteiger partial charge in [0.25, 0.3) is 0 Å². The topological polar surface area (TPSA) is 51.4 Å². The van der Waals surface area contributed by atoms with Crippen LogP contribution in [0, 0.1) is 5.92 Å². The first kappa shape index (κ1) is 14.3. The van der Waals surface area contributed by atoms with Crippen LogP contribution in [0.3, 0.4) is 0 Å². The number of aromatic nitrogens is 1. The zero-order chi connectivity index (χ0) is 14.7. The molecule has 2 aromatic rings. The summed E-state index contributed by atoms with van der Waals surface area (Å²) < 4.78 is 5.33. The summed E-state index contributed by atoms with van der Waals surface area (Å²) in [7, 11) is 1.78. The van der Waals surface area contributed by atoms with Crippen LogP contribution in [-0.2, 0) is 11.3 Å². The summed E-state index contributed by atoms with van der Waals surface area (Å²) in [4.78, 5) is 7.10. The molecule has 0 bridgehead atoms. The average Bonchev–Trinajstić information content (AvgIpc) is 2.54. The molecule has 3 rings (SSSR count). The second-order valence-corrected chi connectivity index (χ2v) is 5.77. The zero-order valence-electron chi connectivity index (χ0n) is 12.6. The van der Waals surface area contributed by atoms with Gasteiger partial charge in [0.05, 0.1) is 6.61 Å². The SMILES string of the molecule is COCC1CCCN(c2ncc(CN)c3ccccc23)C1. The first-order valence-corrected chi connectivity index (χ1v) is 7.64. The maximum atomic E-state index is 5.84. The van der Waals surface area contributed by atoms with Gasteiger partial charge in [-0.25, -0.2) is 4.98 Å². The van der Waals surface area contributed by atoms with Crippen LogP contribution < -0.4 is 10.6 Å². The van der Waals surface area contributed by atoms with Crippen LogP contribution in [0.25, 0.3) is 10.8 Å². The zero-order valence-corrected chi connectivity index (χ0v) is 12.6. The Morgan fingerprint density at radius 1 is 1.33 bits per heavy atom. The lowest BCUT2D eigenvalue weighted by molar-refractivity contribution is 0.143. The average molecular weight is 285 g/mol. The third-order valence-corrected chi connectivity index (χ3v) is 4.30. The molecular formula is C17H23N3O. The summed E-state index contributed by atoms with van der Waals surface area (Å²) in [6, 6.07) is 8.43. The molecule has 4 heteroatoms. The molecule has 0 saturated carbocycles. The van der Waals surface area contributed by atoms with E-state index in [4.69, 9.17) is 15.5 Å². The number of fused-ring (bicyclic) bond motifs is 1. The lowest BCUT2D eigenvalue weighted by atomic mass is 9.98. The van der Waals surface area contributed by atoms with Gasteiger partial charge in [-0.1, -0.05) is 24.3 Å². The predicted molar refractivity (Wildman–Crippen MR) is 86.4 cm³/mol. The van der Waals surface area contributed by atoms with Crippen LogP contribution in [-0.4, -0.2) is 31.8 Å². The summed E-state index contributed by atoms with van der Waals surface area (Å²) in [5.74, 6) is 1.68. The van der Waals surface area contributed by atoms with Gasteiger partial charge in [0.1, 0.15) is 5.82 Å². The van der Waals surface area contributed by atoms with Gasteiger partial charge in [0.15, 0.2) is 0 Å². The van der Waals surface area contributed by atoms with Crippen molar-refractivity contribution in [1.82, 2.24) is 4.98 Å². The molecule has 2 heterocycles. The van der Waals surface area contributed by atoms with E-state index in [1.54, 1.807) is 7.11 Å². The quantitative estimate of drug-likeness (QED) is 0.938. The highest BCUT2D eigenvalue weighted by molar-refractivity contribution is 5.94. The number of methoxy groups -OCH3 is 1. The van der Waals surface area contributed by atoms with Crippen LogP contribution in [0.5, 0.6) is 0 Å². The molecule has 1 aromatic heterocycles. The van der Waals surface area contributed by atoms with Gasteiger partial charge >= 0.3 is 0 Å². The van der Waals surface area contributed by atoms with E-state index in [-0.39, 0.29) is 0 Å². The Kier molecular flexibility index (Phi) is 4.36. The van der Waals surface area contributed by atoms with Gasteiger partial charge < -0.3 is 15.4 Å². The van der Waals surface area contributed by atoms with E-state index in [9.17, 15) is 0 Å². The van der Waals surface area contributed by atoms with E-state index >= 15 is 0 Å². The van der Waals surface area contributed by atoms with Crippen molar-refractivity contribution < 1.29 is 4.74 Å². The highest BCUT2D eigenvalue weighted by atomic mass is 16.5. The second-order valence-electron chi connectivity index (χ2n) is 5.77. The molecule has 0 aliphatic carbocycles. The van der Waals surface area contributed by atoms with Gasteiger partial charge in [-0.05, 0) is 29.7 Å². The van der Waals surface area contributed by atoms with Gasteiger partial charge in [-0.2, -0.15) is 0 Å². The molecule has 1 aromatic carbocycles. The molecule has 2 N–H and O–H groups in total. The second kappa shape index (κ2) is 6.41. The minimum absolute atomic E-state index is 0.528. The molecular weight excluding hydrogens is 262 g/mol. The minimum Gasteiger partial charge on any atom is -0.384 e. The molecule has 0 spiro atoms. The molecule has 112 valence electrons. The van der Waals surface area contributed by atoms with Crippen LogP contribution in [0.1, 0.15) is 18.4 Å². The number of pyridine rings is 1. The minimum atomic E-state index is 0.528. The highest BCUT2D eigenvalue weighted by Crippen LogP contribution is 2.30. The van der Waals surface area contributed by atoms with Gasteiger partial charge in [-0.15, -0.1) is 0 Å². The van der Waals surface area contributed by atoms with Crippen LogP contribution >= 0.6 is 0 Å². The standard InChI is InChI=1S/C17H23N3O/c1-21-12-13-5-4-8-20(11-13)17-16-7-3-2-6-15(16)14(9-18)10-19-17/h2-3,6-7,10,13H,4-5,8-9,11-12,18H2,1H3. The molecule has 4 nitrogen and oxygen atoms in total. The normalized spacial score (nSPS) is 19.1. The monoisotopic (exact) mass is 285 g/mol. The number of rotatable bonds is 4. The van der Waals surface area contributed by atoms with E-state index in [0.717, 1.165) is 31.1 Å². The van der Waals surface area contributed by atoms with E-state index in [0.29, 0.717) is 12.5 Å². The van der Waals surface area contributed by atoms with Crippen molar-refractivity contribution >= 4 is 16.6 Å². The summed E-state index contributed by atoms with van der Waals surface area (Å²) >= 11 is 0. The predicted octanol–water partition coefficient (Wildman–Crippen LogP) is 2.56. The molecule has 1 atom stereocenters. The number of hydrogen-bond donors (Lipinski definition) is 1. The van der Waals surface area contributed by atoms with Crippen molar-refractivity contribution in [3.63, 3.8) is 0 Å². The molecule has 1 unspecified atom stereocenters. The van der Waals surface area contributed by atoms with E-state index in [1.165, 1.54) is 23.6 Å². The lowest BCUT2D eigenvalue weighted by Crippen LogP contribution is -2.37. The van der Waals surface area contributed by atoms with Crippen molar-refractivity contribution in [3.05, 3.63) is 36.0 Å². The smallest absolute Gasteiger partial charge is 0.136 e. The Labute approximate surface area is 125 Å². The number of anilines is 1. The summed E-state index contributed by atoms with van der Waals surface area (Å²) in [6.45, 7) is 3.45. The van der Waals surface area contributed by atoms with E-state index in [2.05, 4.69) is 29.2 Å². The molecule has 1 aliphatic rings. The van der Waals surface area contributed by atoms with Crippen molar-refractivity contribution in [2.75, 3.05) is 31.7 Å². The fourth-order valence-electron chi connectivity index (χ4n) is 3.28. The maximum Gasteiger partial charge on any atom is 0.136 e. The molecule has 0 radical (unpaired) electrons. The number of benzene rings is 1. The highest BCUT2D eigenvalue weighted by Gasteiger charge is 2.22. The molecule has 0 amide bonds. The molecule has 1 saturated heterocycles. The van der Waals surface area contributed by atoms with Crippen LogP contribution in [0.4, 0.5) is 5.82 Å². The van der Waals surface area contributed by atoms with Crippen molar-refractivity contribution in [1.29, 1.82) is 0 Å². The number of nitrogens with zero attached hydrogens (tertiary/aromatic N) is 2. The summed E-state index contributed by atoms with van der Waals surface area (Å²) in [5.41, 5.74) is 6.95. The Hall–Kier alpha value is -1.65. The Balaban J connectivity index is 1.97. The third kappa shape index (κ3) is 2.87. The van der Waals surface area contributed by atoms with Crippen molar-refractivity contribution in [2.24, 2.45) is 11.7 Å². The van der Waals surface area contributed by atoms with Crippen LogP contribution in [0.15, 0.2) is 30.5 Å². The molecule has 21 heavy (non-hydrogen) atoms. The lowest BCUT2D eigenvalue weighted by Gasteiger charge is -2.34. The largest absolute Gasteiger partial charge is 0.384 e. The number of nitrogens with two attached hydrogens (primary N) is 1.